The Morgan fingerprint density at radius 1 is 0.943 bits per heavy atom. The second kappa shape index (κ2) is 10.4. The smallest absolute Gasteiger partial charge is 0.412 e. The maximum atomic E-state index is 12.9. The van der Waals surface area contributed by atoms with Crippen LogP contribution in [0.3, 0.4) is 0 Å². The van der Waals surface area contributed by atoms with Crippen molar-refractivity contribution in [2.45, 2.75) is 31.4 Å². The van der Waals surface area contributed by atoms with Crippen LogP contribution in [0.4, 0.5) is 16.2 Å². The van der Waals surface area contributed by atoms with Crippen LogP contribution in [-0.2, 0) is 4.74 Å². The minimum atomic E-state index is -0.552. The molecular weight excluding hydrogens is 442 g/mol. The first-order valence-corrected chi connectivity index (χ1v) is 11.8. The lowest BCUT2D eigenvalue weighted by Crippen LogP contribution is -2.41. The second-order valence-corrected chi connectivity index (χ2v) is 8.62. The monoisotopic (exact) mass is 469 g/mol. The van der Waals surface area contributed by atoms with E-state index in [-0.39, 0.29) is 11.9 Å². The van der Waals surface area contributed by atoms with Gasteiger partial charge in [-0.15, -0.1) is 0 Å². The molecule has 35 heavy (non-hydrogen) atoms. The lowest BCUT2D eigenvalue weighted by molar-refractivity contribution is 0.0762. The molecule has 4 N–H and O–H groups in total. The van der Waals surface area contributed by atoms with Gasteiger partial charge in [-0.05, 0) is 67.4 Å². The van der Waals surface area contributed by atoms with Crippen molar-refractivity contribution in [3.05, 3.63) is 90.1 Å². The van der Waals surface area contributed by atoms with Crippen molar-refractivity contribution in [2.75, 3.05) is 17.2 Å². The Morgan fingerprint density at radius 2 is 1.83 bits per heavy atom. The minimum absolute atomic E-state index is 0.0433. The molecule has 0 aliphatic carbocycles. The molecule has 0 radical (unpaired) electrons. The predicted octanol–water partition coefficient (Wildman–Crippen LogP) is 5.25. The van der Waals surface area contributed by atoms with Gasteiger partial charge in [0.2, 0.25) is 0 Å². The van der Waals surface area contributed by atoms with Gasteiger partial charge in [-0.25, -0.2) is 4.79 Å². The number of ether oxygens (including phenoxy) is 1. The molecule has 1 aliphatic rings. The van der Waals surface area contributed by atoms with Crippen LogP contribution in [0.2, 0.25) is 0 Å². The van der Waals surface area contributed by atoms with Gasteiger partial charge < -0.3 is 15.4 Å². The fourth-order valence-electron chi connectivity index (χ4n) is 4.38. The van der Waals surface area contributed by atoms with Crippen molar-refractivity contribution in [1.82, 2.24) is 15.5 Å². The highest BCUT2D eigenvalue weighted by atomic mass is 16.6. The van der Waals surface area contributed by atoms with Crippen LogP contribution in [0.15, 0.2) is 79.0 Å². The summed E-state index contributed by atoms with van der Waals surface area (Å²) in [7, 11) is 0. The molecule has 1 saturated heterocycles. The summed E-state index contributed by atoms with van der Waals surface area (Å²) in [4.78, 5) is 25.8. The molecule has 1 unspecified atom stereocenters. The third-order valence-corrected chi connectivity index (χ3v) is 6.14. The van der Waals surface area contributed by atoms with E-state index in [1.807, 2.05) is 54.6 Å². The molecule has 2 heterocycles. The number of rotatable bonds is 6. The van der Waals surface area contributed by atoms with Gasteiger partial charge in [0, 0.05) is 28.4 Å². The van der Waals surface area contributed by atoms with Gasteiger partial charge in [-0.1, -0.05) is 36.8 Å². The predicted molar refractivity (Wildman–Crippen MR) is 135 cm³/mol. The molecule has 0 spiro atoms. The second-order valence-electron chi connectivity index (χ2n) is 8.62. The van der Waals surface area contributed by atoms with Crippen LogP contribution in [0.1, 0.15) is 41.3 Å². The van der Waals surface area contributed by atoms with Gasteiger partial charge in [0.15, 0.2) is 0 Å². The zero-order valence-corrected chi connectivity index (χ0v) is 19.2. The molecule has 5 rings (SSSR count). The summed E-state index contributed by atoms with van der Waals surface area (Å²) in [6.07, 6.45) is 3.61. The summed E-state index contributed by atoms with van der Waals surface area (Å²) in [6, 6.07) is 22.0. The van der Waals surface area contributed by atoms with E-state index in [0.717, 1.165) is 48.0 Å². The van der Waals surface area contributed by atoms with Crippen molar-refractivity contribution in [2.24, 2.45) is 0 Å². The highest BCUT2D eigenvalue weighted by molar-refractivity contribution is 6.04. The highest BCUT2D eigenvalue weighted by Crippen LogP contribution is 2.28. The first kappa shape index (κ1) is 22.6. The van der Waals surface area contributed by atoms with Crippen LogP contribution >= 0.6 is 0 Å². The van der Waals surface area contributed by atoms with E-state index in [4.69, 9.17) is 4.74 Å². The molecule has 0 saturated carbocycles. The van der Waals surface area contributed by atoms with Crippen molar-refractivity contribution in [1.29, 1.82) is 0 Å². The number of benzene rings is 3. The first-order valence-electron chi connectivity index (χ1n) is 11.8. The largest absolute Gasteiger partial charge is 0.439 e. The molecule has 8 heteroatoms. The highest BCUT2D eigenvalue weighted by Gasteiger charge is 2.29. The third-order valence-electron chi connectivity index (χ3n) is 6.14. The van der Waals surface area contributed by atoms with Crippen LogP contribution in [0, 0.1) is 0 Å². The average molecular weight is 470 g/mol. The molecule has 178 valence electrons. The van der Waals surface area contributed by atoms with Crippen LogP contribution in [-0.4, -0.2) is 34.8 Å². The van der Waals surface area contributed by atoms with Crippen molar-refractivity contribution in [3.8, 4) is 0 Å². The van der Waals surface area contributed by atoms with Crippen LogP contribution < -0.4 is 16.0 Å². The molecule has 1 aromatic heterocycles. The number of para-hydroxylation sites is 1. The Hall–Kier alpha value is -4.17. The Kier molecular flexibility index (Phi) is 6.72. The minimum Gasteiger partial charge on any atom is -0.439 e. The number of carbonyl (C=O) groups excluding carboxylic acids is 2. The summed E-state index contributed by atoms with van der Waals surface area (Å²) in [5, 5.41) is 17.0. The number of nitrogens with one attached hydrogen (secondary N) is 4. The lowest BCUT2D eigenvalue weighted by atomic mass is 9.93. The van der Waals surface area contributed by atoms with E-state index in [9.17, 15) is 9.59 Å². The van der Waals surface area contributed by atoms with Gasteiger partial charge in [0.1, 0.15) is 6.10 Å². The maximum Gasteiger partial charge on any atom is 0.412 e. The number of aromatic nitrogens is 2. The Morgan fingerprint density at radius 3 is 2.66 bits per heavy atom. The molecule has 2 amide bonds. The summed E-state index contributed by atoms with van der Waals surface area (Å²) >= 11 is 0. The van der Waals surface area contributed by atoms with E-state index in [1.54, 1.807) is 24.4 Å². The number of nitrogens with zero attached hydrogens (tertiary/aromatic N) is 1. The van der Waals surface area contributed by atoms with E-state index >= 15 is 0 Å². The number of amides is 2. The number of carbonyl (C=O) groups is 2. The normalized spacial score (nSPS) is 16.4. The molecule has 1 aliphatic heterocycles. The van der Waals surface area contributed by atoms with E-state index in [0.29, 0.717) is 11.3 Å². The van der Waals surface area contributed by atoms with Crippen LogP contribution in [0.5, 0.6) is 0 Å². The number of H-pyrrole nitrogens is 1. The molecule has 2 atom stereocenters. The Labute approximate surface area is 203 Å². The van der Waals surface area contributed by atoms with Crippen molar-refractivity contribution < 1.29 is 14.3 Å². The molecule has 3 aromatic carbocycles. The lowest BCUT2D eigenvalue weighted by Gasteiger charge is -2.31. The Bertz CT molecular complexity index is 1310. The summed E-state index contributed by atoms with van der Waals surface area (Å²) in [5.41, 5.74) is 3.50. The molecule has 8 nitrogen and oxygen atoms in total. The zero-order chi connectivity index (χ0) is 24.0. The molecule has 0 bridgehead atoms. The quantitative estimate of drug-likeness (QED) is 0.309. The number of aromatic amines is 1. The van der Waals surface area contributed by atoms with Gasteiger partial charge in [0.25, 0.3) is 5.91 Å². The van der Waals surface area contributed by atoms with E-state index in [2.05, 4.69) is 26.1 Å². The van der Waals surface area contributed by atoms with Crippen LogP contribution in [0.25, 0.3) is 10.9 Å². The van der Waals surface area contributed by atoms with Gasteiger partial charge in [-0.2, -0.15) is 5.10 Å². The standard InChI is InChI=1S/C27H27N5O3/c33-26(30-21-9-2-1-3-10-21)19-8-6-7-18(15-19)25(24-11-4-5-14-28-24)35-27(34)31-22-12-13-23-20(16-22)17-29-32-23/h1-3,6-10,12-13,15-17,24-25,28H,4-5,11,14H2,(H,29,32)(H,30,33)(H,31,34)/t24-,25?/m0/s1. The van der Waals surface area contributed by atoms with Crippen molar-refractivity contribution >= 4 is 34.3 Å². The van der Waals surface area contributed by atoms with Gasteiger partial charge in [0.05, 0.1) is 11.7 Å². The number of fused-ring (bicyclic) bond motifs is 1. The van der Waals surface area contributed by atoms with Gasteiger partial charge in [-0.3, -0.25) is 15.2 Å². The fourth-order valence-corrected chi connectivity index (χ4v) is 4.38. The topological polar surface area (TPSA) is 108 Å². The van der Waals surface area contributed by atoms with E-state index in [1.165, 1.54) is 0 Å². The summed E-state index contributed by atoms with van der Waals surface area (Å²) in [5.74, 6) is -0.216. The number of anilines is 2. The average Bonchev–Trinajstić information content (AvgIpc) is 3.36. The fraction of sp³-hybridized carbons (Fsp3) is 0.222. The number of piperidine rings is 1. The Balaban J connectivity index is 1.35. The van der Waals surface area contributed by atoms with Gasteiger partial charge >= 0.3 is 6.09 Å². The zero-order valence-electron chi connectivity index (χ0n) is 19.2. The SMILES string of the molecule is O=C(Nc1ccc2[nH]ncc2c1)OC(c1cccc(C(=O)Nc2ccccc2)c1)[C@@H]1CCCCN1. The molecular formula is C27H27N5O3. The number of hydrogen-bond donors (Lipinski definition) is 4. The van der Waals surface area contributed by atoms with Crippen molar-refractivity contribution in [3.63, 3.8) is 0 Å². The third kappa shape index (κ3) is 5.50. The first-order chi connectivity index (χ1) is 17.2. The molecule has 4 aromatic rings. The summed E-state index contributed by atoms with van der Waals surface area (Å²) < 4.78 is 5.96. The summed E-state index contributed by atoms with van der Waals surface area (Å²) in [6.45, 7) is 0.859. The van der Waals surface area contributed by atoms with E-state index < -0.39 is 12.2 Å². The maximum absolute atomic E-state index is 12.9. The molecule has 1 fully saturated rings. The number of hydrogen-bond acceptors (Lipinski definition) is 5.